The fourth-order valence-corrected chi connectivity index (χ4v) is 3.35. The molecule has 2 aromatic carbocycles. The largest absolute Gasteiger partial charge is 0.471 e. The minimum atomic E-state index is -1.08. The predicted molar refractivity (Wildman–Crippen MR) is 119 cm³/mol. The van der Waals surface area contributed by atoms with Crippen molar-refractivity contribution in [2.75, 3.05) is 6.61 Å². The Bertz CT molecular complexity index is 1350. The molecular weight excluding hydrogens is 488 g/mol. The number of benzene rings is 2. The van der Waals surface area contributed by atoms with Crippen LogP contribution >= 0.6 is 15.9 Å². The topological polar surface area (TPSA) is 146 Å². The number of aromatic amines is 1. The maximum absolute atomic E-state index is 12.6. The molecule has 1 atom stereocenters. The van der Waals surface area contributed by atoms with Crippen molar-refractivity contribution in [2.24, 2.45) is 5.10 Å². The van der Waals surface area contributed by atoms with Crippen molar-refractivity contribution in [3.63, 3.8) is 0 Å². The van der Waals surface area contributed by atoms with Gasteiger partial charge in [-0.2, -0.15) is 5.10 Å². The van der Waals surface area contributed by atoms with E-state index in [2.05, 4.69) is 26.0 Å². The van der Waals surface area contributed by atoms with Gasteiger partial charge in [0.1, 0.15) is 0 Å². The van der Waals surface area contributed by atoms with E-state index in [0.29, 0.717) is 10.2 Å². The molecule has 0 aliphatic carbocycles. The number of nitrogens with one attached hydrogen (secondary N) is 1. The normalized spacial score (nSPS) is 12.1. The number of rotatable bonds is 7. The van der Waals surface area contributed by atoms with E-state index in [9.17, 15) is 24.5 Å². The Morgan fingerprint density at radius 2 is 2.06 bits per heavy atom. The minimum absolute atomic E-state index is 0.137. The second-order valence-corrected chi connectivity index (χ2v) is 7.31. The Labute approximate surface area is 188 Å². The van der Waals surface area contributed by atoms with Gasteiger partial charge in [0, 0.05) is 11.6 Å². The number of hydrogen-bond donors (Lipinski definition) is 1. The van der Waals surface area contributed by atoms with Crippen LogP contribution < -0.4 is 16.0 Å². The molecule has 0 aliphatic heterocycles. The van der Waals surface area contributed by atoms with Gasteiger partial charge >= 0.3 is 17.3 Å². The number of H-pyrrole nitrogens is 1. The zero-order valence-corrected chi connectivity index (χ0v) is 18.5. The van der Waals surface area contributed by atoms with E-state index in [-0.39, 0.29) is 27.8 Å². The molecular formula is C20H17BrN4O7. The lowest BCUT2D eigenvalue weighted by molar-refractivity contribution is -0.386. The summed E-state index contributed by atoms with van der Waals surface area (Å²) in [6.45, 7) is 3.17. The number of nitro groups is 1. The second kappa shape index (κ2) is 9.56. The number of hydrogen-bond acceptors (Lipinski definition) is 8. The summed E-state index contributed by atoms with van der Waals surface area (Å²) in [5.74, 6) is -0.845. The quantitative estimate of drug-likeness (QED) is 0.225. The van der Waals surface area contributed by atoms with Crippen molar-refractivity contribution < 1.29 is 19.2 Å². The highest BCUT2D eigenvalue weighted by atomic mass is 79.9. The molecule has 0 radical (unpaired) electrons. The summed E-state index contributed by atoms with van der Waals surface area (Å²) in [4.78, 5) is 50.0. The lowest BCUT2D eigenvalue weighted by Crippen LogP contribution is -2.32. The van der Waals surface area contributed by atoms with Crippen LogP contribution in [0.25, 0.3) is 10.9 Å². The Kier molecular flexibility index (Phi) is 6.83. The zero-order chi connectivity index (χ0) is 23.4. The van der Waals surface area contributed by atoms with E-state index < -0.39 is 33.9 Å². The third-order valence-corrected chi connectivity index (χ3v) is 4.85. The summed E-state index contributed by atoms with van der Waals surface area (Å²) in [6.07, 6.45) is 0.0426. The molecule has 0 saturated carbocycles. The number of esters is 1. The molecule has 3 rings (SSSR count). The lowest BCUT2D eigenvalue weighted by Gasteiger charge is -2.15. The van der Waals surface area contributed by atoms with Gasteiger partial charge in [0.2, 0.25) is 5.75 Å². The standard InChI is InChI=1S/C20H17BrN4O7/c1-3-31-19(27)11(2)32-17-14(21)8-12(9-16(17)25(29)30)10-22-24-18(26)13-6-4-5-7-15(13)23-20(24)28/h4-11H,3H2,1-2H3,(H,23,28)/t11-/m1/s1. The van der Waals surface area contributed by atoms with Crippen LogP contribution in [-0.4, -0.2) is 39.5 Å². The summed E-state index contributed by atoms with van der Waals surface area (Å²) in [7, 11) is 0. The van der Waals surface area contributed by atoms with Crippen LogP contribution in [0, 0.1) is 10.1 Å². The molecule has 0 saturated heterocycles. The molecule has 0 spiro atoms. The average molecular weight is 505 g/mol. The SMILES string of the molecule is CCOC(=O)[C@@H](C)Oc1c(Br)cc(C=Nn2c(=O)[nH]c3ccccc3c2=O)cc1[N+](=O)[O-]. The molecule has 11 nitrogen and oxygen atoms in total. The molecule has 32 heavy (non-hydrogen) atoms. The van der Waals surface area contributed by atoms with E-state index in [1.54, 1.807) is 25.1 Å². The fraction of sp³-hybridized carbons (Fsp3) is 0.200. The van der Waals surface area contributed by atoms with Crippen LogP contribution in [-0.2, 0) is 9.53 Å². The molecule has 0 unspecified atom stereocenters. The van der Waals surface area contributed by atoms with Gasteiger partial charge in [0.25, 0.3) is 5.56 Å². The first-order chi connectivity index (χ1) is 15.2. The van der Waals surface area contributed by atoms with Crippen LogP contribution in [0.2, 0.25) is 0 Å². The first-order valence-electron chi connectivity index (χ1n) is 9.32. The van der Waals surface area contributed by atoms with Gasteiger partial charge in [-0.1, -0.05) is 12.1 Å². The van der Waals surface area contributed by atoms with Gasteiger partial charge in [0.15, 0.2) is 6.10 Å². The molecule has 1 N–H and O–H groups in total. The smallest absolute Gasteiger partial charge is 0.349 e. The minimum Gasteiger partial charge on any atom is -0.471 e. The molecule has 1 heterocycles. The molecule has 0 fully saturated rings. The number of carbonyl (C=O) groups excluding carboxylic acids is 1. The van der Waals surface area contributed by atoms with Crippen molar-refractivity contribution in [3.05, 3.63) is 77.4 Å². The van der Waals surface area contributed by atoms with Crippen molar-refractivity contribution in [1.82, 2.24) is 9.66 Å². The number of aromatic nitrogens is 2. The van der Waals surface area contributed by atoms with E-state index in [0.717, 1.165) is 12.3 Å². The second-order valence-electron chi connectivity index (χ2n) is 6.46. The van der Waals surface area contributed by atoms with Crippen LogP contribution in [0.4, 0.5) is 5.69 Å². The maximum atomic E-state index is 12.6. The highest BCUT2D eigenvalue weighted by Crippen LogP contribution is 2.37. The summed E-state index contributed by atoms with van der Waals surface area (Å²) >= 11 is 3.19. The van der Waals surface area contributed by atoms with E-state index >= 15 is 0 Å². The molecule has 0 bridgehead atoms. The van der Waals surface area contributed by atoms with Gasteiger partial charge in [-0.05, 0) is 48.0 Å². The van der Waals surface area contributed by atoms with Gasteiger partial charge in [-0.15, -0.1) is 4.68 Å². The van der Waals surface area contributed by atoms with Crippen molar-refractivity contribution in [1.29, 1.82) is 0 Å². The van der Waals surface area contributed by atoms with Crippen LogP contribution in [0.3, 0.4) is 0 Å². The Balaban J connectivity index is 2.00. The zero-order valence-electron chi connectivity index (χ0n) is 16.9. The Morgan fingerprint density at radius 3 is 2.75 bits per heavy atom. The maximum Gasteiger partial charge on any atom is 0.349 e. The first kappa shape index (κ1) is 22.9. The number of para-hydroxylation sites is 1. The lowest BCUT2D eigenvalue weighted by atomic mass is 10.2. The summed E-state index contributed by atoms with van der Waals surface area (Å²) in [5, 5.41) is 15.7. The van der Waals surface area contributed by atoms with Crippen LogP contribution in [0.5, 0.6) is 5.75 Å². The number of nitrogens with zero attached hydrogens (tertiary/aromatic N) is 3. The summed E-state index contributed by atoms with van der Waals surface area (Å²) in [5.41, 5.74) is -1.28. The highest BCUT2D eigenvalue weighted by Gasteiger charge is 2.25. The van der Waals surface area contributed by atoms with E-state index in [4.69, 9.17) is 9.47 Å². The Hall–Kier alpha value is -3.80. The third-order valence-electron chi connectivity index (χ3n) is 4.26. The molecule has 166 valence electrons. The van der Waals surface area contributed by atoms with Gasteiger partial charge in [-0.25, -0.2) is 9.59 Å². The number of ether oxygens (including phenoxy) is 2. The number of fused-ring (bicyclic) bond motifs is 1. The van der Waals surface area contributed by atoms with Crippen molar-refractivity contribution in [3.8, 4) is 5.75 Å². The van der Waals surface area contributed by atoms with E-state index in [1.807, 2.05) is 0 Å². The monoisotopic (exact) mass is 504 g/mol. The average Bonchev–Trinajstić information content (AvgIpc) is 2.75. The van der Waals surface area contributed by atoms with Gasteiger partial charge in [-0.3, -0.25) is 14.9 Å². The molecule has 0 amide bonds. The number of halogens is 1. The summed E-state index contributed by atoms with van der Waals surface area (Å²) in [6, 6.07) is 9.02. The molecule has 12 heteroatoms. The Morgan fingerprint density at radius 1 is 1.34 bits per heavy atom. The molecule has 1 aromatic heterocycles. The first-order valence-corrected chi connectivity index (χ1v) is 10.1. The highest BCUT2D eigenvalue weighted by molar-refractivity contribution is 9.10. The van der Waals surface area contributed by atoms with Crippen LogP contribution in [0.1, 0.15) is 19.4 Å². The fourth-order valence-electron chi connectivity index (χ4n) is 2.79. The van der Waals surface area contributed by atoms with Gasteiger partial charge in [0.05, 0.1) is 33.1 Å². The van der Waals surface area contributed by atoms with Crippen LogP contribution in [0.15, 0.2) is 55.6 Å². The van der Waals surface area contributed by atoms with Crippen molar-refractivity contribution in [2.45, 2.75) is 20.0 Å². The van der Waals surface area contributed by atoms with Gasteiger partial charge < -0.3 is 14.5 Å². The molecule has 3 aromatic rings. The number of nitro benzene ring substituents is 1. The van der Waals surface area contributed by atoms with Crippen molar-refractivity contribution >= 4 is 44.7 Å². The summed E-state index contributed by atoms with van der Waals surface area (Å²) < 4.78 is 11.1. The third kappa shape index (κ3) is 4.75. The predicted octanol–water partition coefficient (Wildman–Crippen LogP) is 2.57. The molecule has 0 aliphatic rings. The number of carbonyl (C=O) groups is 1. The van der Waals surface area contributed by atoms with E-state index in [1.165, 1.54) is 19.1 Å².